The van der Waals surface area contributed by atoms with Gasteiger partial charge in [-0.3, -0.25) is 9.67 Å². The van der Waals surface area contributed by atoms with Crippen LogP contribution in [0.1, 0.15) is 0 Å². The van der Waals surface area contributed by atoms with Crippen molar-refractivity contribution in [1.29, 1.82) is 0 Å². The molecule has 8 heteroatoms. The average Bonchev–Trinajstić information content (AvgIpc) is 3.53. The smallest absolute Gasteiger partial charge is 0.521 e. The van der Waals surface area contributed by atoms with Crippen LogP contribution < -0.4 is 19.5 Å². The predicted octanol–water partition coefficient (Wildman–Crippen LogP) is 4.49. The van der Waals surface area contributed by atoms with Crippen LogP contribution in [0.5, 0.6) is 23.0 Å². The zero-order valence-electron chi connectivity index (χ0n) is 17.7. The Morgan fingerprint density at radius 2 is 1.53 bits per heavy atom. The standard InChI is InChI=1S/C26H16BN3O3.Pt/c1-2-12-26-25(11-1)32-27(33-26)21-7-3-9-23(14-21)31-24-10-4-8-22(15-24)30-18-20(17-29-30)19-6-5-13-28-16-19;/h1-13,16-18H;/q-2;+2. The monoisotopic (exact) mass is 624 g/mol. The number of aromatic nitrogens is 3. The average molecular weight is 624 g/mol. The molecule has 0 fully saturated rings. The third-order valence-electron chi connectivity index (χ3n) is 5.16. The van der Waals surface area contributed by atoms with Gasteiger partial charge in [0, 0.05) is 41.2 Å². The van der Waals surface area contributed by atoms with Gasteiger partial charge in [-0.25, -0.2) is 0 Å². The molecule has 0 unspecified atom stereocenters. The molecule has 3 aromatic carbocycles. The van der Waals surface area contributed by atoms with Crippen LogP contribution in [0.2, 0.25) is 0 Å². The molecule has 0 bridgehead atoms. The van der Waals surface area contributed by atoms with Gasteiger partial charge in [-0.2, -0.15) is 23.3 Å². The van der Waals surface area contributed by atoms with Crippen molar-refractivity contribution in [1.82, 2.24) is 14.8 Å². The molecular weight excluding hydrogens is 608 g/mol. The van der Waals surface area contributed by atoms with E-state index in [1.807, 2.05) is 85.2 Å². The molecule has 0 atom stereocenters. The van der Waals surface area contributed by atoms with Gasteiger partial charge in [0.05, 0.1) is 6.20 Å². The van der Waals surface area contributed by atoms with Gasteiger partial charge in [-0.15, -0.1) is 30.3 Å². The van der Waals surface area contributed by atoms with Crippen molar-refractivity contribution in [2.45, 2.75) is 0 Å². The van der Waals surface area contributed by atoms with Crippen molar-refractivity contribution in [3.8, 4) is 39.8 Å². The van der Waals surface area contributed by atoms with Crippen LogP contribution in [-0.4, -0.2) is 21.9 Å². The predicted molar refractivity (Wildman–Crippen MR) is 124 cm³/mol. The first kappa shape index (κ1) is 22.0. The van der Waals surface area contributed by atoms with E-state index in [4.69, 9.17) is 14.0 Å². The fourth-order valence-electron chi connectivity index (χ4n) is 3.57. The Bertz CT molecular complexity index is 1400. The van der Waals surface area contributed by atoms with Crippen molar-refractivity contribution < 1.29 is 35.1 Å². The van der Waals surface area contributed by atoms with Gasteiger partial charge in [-0.1, -0.05) is 23.7 Å². The van der Waals surface area contributed by atoms with Crippen LogP contribution in [0.4, 0.5) is 0 Å². The van der Waals surface area contributed by atoms with E-state index < -0.39 is 7.12 Å². The summed E-state index contributed by atoms with van der Waals surface area (Å²) in [5.74, 6) is 2.53. The largest absolute Gasteiger partial charge is 2.00 e. The molecule has 0 spiro atoms. The number of nitrogens with zero attached hydrogens (tertiary/aromatic N) is 3. The Kier molecular flexibility index (Phi) is 6.19. The molecule has 1 aliphatic heterocycles. The van der Waals surface area contributed by atoms with E-state index in [0.717, 1.165) is 22.3 Å². The van der Waals surface area contributed by atoms with E-state index in [1.54, 1.807) is 17.1 Å². The van der Waals surface area contributed by atoms with Crippen LogP contribution in [0.3, 0.4) is 0 Å². The van der Waals surface area contributed by atoms with Crippen molar-refractivity contribution >= 4 is 12.6 Å². The number of pyridine rings is 1. The quantitative estimate of drug-likeness (QED) is 0.213. The molecule has 166 valence electrons. The molecule has 5 aromatic rings. The molecule has 0 saturated carbocycles. The number of fused-ring (bicyclic) bond motifs is 1. The molecular formula is C26H16BN3O3Pt. The molecule has 0 amide bonds. The maximum Gasteiger partial charge on any atom is 2.00 e. The maximum atomic E-state index is 6.04. The van der Waals surface area contributed by atoms with Crippen LogP contribution in [0.25, 0.3) is 16.8 Å². The van der Waals surface area contributed by atoms with Crippen molar-refractivity contribution in [3.63, 3.8) is 0 Å². The molecule has 3 heterocycles. The first-order chi connectivity index (χ1) is 16.3. The molecule has 0 N–H and O–H groups in total. The summed E-state index contributed by atoms with van der Waals surface area (Å²) in [5, 5.41) is 4.46. The molecule has 2 aromatic heterocycles. The summed E-state index contributed by atoms with van der Waals surface area (Å²) in [6, 6.07) is 29.2. The molecule has 1 aliphatic rings. The molecule has 0 radical (unpaired) electrons. The minimum atomic E-state index is -0.559. The molecule has 6 rings (SSSR count). The van der Waals surface area contributed by atoms with Gasteiger partial charge in [0.1, 0.15) is 11.5 Å². The van der Waals surface area contributed by atoms with Crippen molar-refractivity contribution in [3.05, 3.63) is 110 Å². The van der Waals surface area contributed by atoms with Gasteiger partial charge in [0.15, 0.2) is 0 Å². The second kappa shape index (κ2) is 9.58. The van der Waals surface area contributed by atoms with Crippen LogP contribution in [-0.2, 0) is 21.1 Å². The third-order valence-corrected chi connectivity index (χ3v) is 5.16. The van der Waals surface area contributed by atoms with Crippen LogP contribution in [0, 0.1) is 12.1 Å². The third kappa shape index (κ3) is 4.48. The Hall–Kier alpha value is -3.83. The first-order valence-corrected chi connectivity index (χ1v) is 10.4. The summed E-state index contributed by atoms with van der Waals surface area (Å²) in [6.07, 6.45) is 7.29. The first-order valence-electron chi connectivity index (χ1n) is 10.4. The van der Waals surface area contributed by atoms with E-state index in [-0.39, 0.29) is 21.1 Å². The maximum absolute atomic E-state index is 6.04. The topological polar surface area (TPSA) is 58.4 Å². The Morgan fingerprint density at radius 3 is 2.29 bits per heavy atom. The number of benzene rings is 3. The molecule has 6 nitrogen and oxygen atoms in total. The summed E-state index contributed by atoms with van der Waals surface area (Å²) in [5.41, 5.74) is 3.48. The fraction of sp³-hybridized carbons (Fsp3) is 0. The molecule has 0 aliphatic carbocycles. The van der Waals surface area contributed by atoms with Gasteiger partial charge in [0.25, 0.3) is 0 Å². The van der Waals surface area contributed by atoms with Crippen LogP contribution in [0.15, 0.2) is 97.6 Å². The number of hydrogen-bond donors (Lipinski definition) is 0. The molecule has 0 saturated heterocycles. The van der Waals surface area contributed by atoms with E-state index in [0.29, 0.717) is 23.0 Å². The van der Waals surface area contributed by atoms with E-state index in [9.17, 15) is 0 Å². The summed E-state index contributed by atoms with van der Waals surface area (Å²) >= 11 is 0. The number of para-hydroxylation sites is 2. The van der Waals surface area contributed by atoms with Crippen LogP contribution >= 0.6 is 0 Å². The number of hydrogen-bond acceptors (Lipinski definition) is 5. The zero-order valence-corrected chi connectivity index (χ0v) is 20.0. The van der Waals surface area contributed by atoms with E-state index >= 15 is 0 Å². The van der Waals surface area contributed by atoms with Crippen molar-refractivity contribution in [2.24, 2.45) is 0 Å². The number of rotatable bonds is 5. The summed E-state index contributed by atoms with van der Waals surface area (Å²) in [7, 11) is -0.559. The van der Waals surface area contributed by atoms with Gasteiger partial charge >= 0.3 is 28.2 Å². The van der Waals surface area contributed by atoms with Gasteiger partial charge in [0.2, 0.25) is 0 Å². The summed E-state index contributed by atoms with van der Waals surface area (Å²) in [4.78, 5) is 4.17. The van der Waals surface area contributed by atoms with Crippen molar-refractivity contribution in [2.75, 3.05) is 0 Å². The Morgan fingerprint density at radius 1 is 0.765 bits per heavy atom. The minimum Gasteiger partial charge on any atom is -0.521 e. The minimum absolute atomic E-state index is 0. The fourth-order valence-corrected chi connectivity index (χ4v) is 3.57. The Balaban J connectivity index is 0.00000241. The van der Waals surface area contributed by atoms with Gasteiger partial charge < -0.3 is 14.0 Å². The second-order valence-electron chi connectivity index (χ2n) is 7.40. The summed E-state index contributed by atoms with van der Waals surface area (Å²) in [6.45, 7) is 0. The summed E-state index contributed by atoms with van der Waals surface area (Å²) < 4.78 is 19.6. The molecule has 34 heavy (non-hydrogen) atoms. The van der Waals surface area contributed by atoms with E-state index in [2.05, 4.69) is 22.2 Å². The Labute approximate surface area is 211 Å². The van der Waals surface area contributed by atoms with Gasteiger partial charge in [-0.05, 0) is 23.9 Å². The van der Waals surface area contributed by atoms with E-state index in [1.165, 1.54) is 0 Å². The number of ether oxygens (including phenoxy) is 1. The second-order valence-corrected chi connectivity index (χ2v) is 7.40. The normalized spacial score (nSPS) is 11.7. The zero-order chi connectivity index (χ0) is 22.0. The SMILES string of the molecule is [Pt+2].[c-]1c(Oc2[c-]c(-n3cc(-c4cccnc4)cn3)ccc2)cccc1B1Oc2ccccc2O1.